The van der Waals surface area contributed by atoms with Gasteiger partial charge in [-0.3, -0.25) is 0 Å². The summed E-state index contributed by atoms with van der Waals surface area (Å²) >= 11 is 0. The minimum atomic E-state index is -0.193. The number of furan rings is 1. The second-order valence-corrected chi connectivity index (χ2v) is 18.1. The lowest BCUT2D eigenvalue weighted by molar-refractivity contribution is 0.660. The van der Waals surface area contributed by atoms with Crippen molar-refractivity contribution in [1.29, 1.82) is 0 Å². The van der Waals surface area contributed by atoms with Crippen molar-refractivity contribution in [2.24, 2.45) is 0 Å². The molecule has 0 N–H and O–H groups in total. The van der Waals surface area contributed by atoms with Crippen molar-refractivity contribution in [1.82, 2.24) is 4.57 Å². The van der Waals surface area contributed by atoms with E-state index in [1.807, 2.05) is 12.1 Å². The Hall–Kier alpha value is -8.40. The van der Waals surface area contributed by atoms with Gasteiger partial charge in [-0.15, -0.1) is 0 Å². The standard InChI is InChI=1S/C63H44N2O/c1-63(2)57-39-45(41-13-4-3-5-14-41)29-37-51(57)52-38-36-49(40-58(52)63)64(47-34-27-44(28-35-47)50-18-12-19-56-55-17-8-11-22-61(55)66-62(50)56)46-30-23-42(24-31-46)43-25-32-48(33-26-43)65-59-20-9-6-15-53(59)54-16-7-10-21-60(54)65/h3-40H,1-2H3. The first-order chi connectivity index (χ1) is 32.5. The van der Waals surface area contributed by atoms with Crippen molar-refractivity contribution < 1.29 is 4.42 Å². The Labute approximate surface area is 384 Å². The molecule has 312 valence electrons. The first-order valence-corrected chi connectivity index (χ1v) is 22.8. The summed E-state index contributed by atoms with van der Waals surface area (Å²) in [5, 5.41) is 4.80. The molecular formula is C63H44N2O. The number of hydrogen-bond acceptors (Lipinski definition) is 2. The average molecular weight is 845 g/mol. The molecule has 0 saturated carbocycles. The lowest BCUT2D eigenvalue weighted by atomic mass is 9.81. The van der Waals surface area contributed by atoms with Crippen LogP contribution in [0, 0.1) is 0 Å². The first kappa shape index (κ1) is 38.1. The van der Waals surface area contributed by atoms with Crippen LogP contribution in [0.2, 0.25) is 0 Å². The van der Waals surface area contributed by atoms with Crippen molar-refractivity contribution in [3.05, 3.63) is 242 Å². The second-order valence-electron chi connectivity index (χ2n) is 18.1. The van der Waals surface area contributed by atoms with E-state index in [1.165, 1.54) is 66.3 Å². The first-order valence-electron chi connectivity index (χ1n) is 22.8. The SMILES string of the molecule is CC1(C)c2cc(-c3ccccc3)ccc2-c2ccc(N(c3ccc(-c4ccc(-n5c6ccccc6c6ccccc65)cc4)cc3)c3ccc(-c4cccc5c4oc4ccccc45)cc3)cc21. The molecule has 1 aliphatic rings. The fourth-order valence-corrected chi connectivity index (χ4v) is 10.7. The molecule has 0 aliphatic heterocycles. The highest BCUT2D eigenvalue weighted by Crippen LogP contribution is 2.52. The Bertz CT molecular complexity index is 3760. The number of hydrogen-bond donors (Lipinski definition) is 0. The van der Waals surface area contributed by atoms with Gasteiger partial charge in [0.15, 0.2) is 0 Å². The zero-order valence-electron chi connectivity index (χ0n) is 36.7. The fraction of sp³-hybridized carbons (Fsp3) is 0.0476. The van der Waals surface area contributed by atoms with E-state index in [9.17, 15) is 0 Å². The summed E-state index contributed by atoms with van der Waals surface area (Å²) < 4.78 is 8.84. The normalized spacial score (nSPS) is 12.8. The molecule has 13 rings (SSSR count). The van der Waals surface area contributed by atoms with Gasteiger partial charge in [0, 0.05) is 55.3 Å². The van der Waals surface area contributed by atoms with Gasteiger partial charge in [-0.1, -0.05) is 172 Å². The van der Waals surface area contributed by atoms with Crippen LogP contribution in [0.1, 0.15) is 25.0 Å². The third-order valence-corrected chi connectivity index (χ3v) is 14.0. The number of benzene rings is 10. The topological polar surface area (TPSA) is 21.3 Å². The second kappa shape index (κ2) is 14.8. The van der Waals surface area contributed by atoms with Gasteiger partial charge >= 0.3 is 0 Å². The van der Waals surface area contributed by atoms with Gasteiger partial charge in [0.1, 0.15) is 11.2 Å². The quantitative estimate of drug-likeness (QED) is 0.159. The Kier molecular flexibility index (Phi) is 8.56. The third kappa shape index (κ3) is 5.97. The van der Waals surface area contributed by atoms with E-state index in [2.05, 4.69) is 242 Å². The highest BCUT2D eigenvalue weighted by molar-refractivity contribution is 6.10. The number of rotatable bonds is 7. The van der Waals surface area contributed by atoms with Gasteiger partial charge in [0.25, 0.3) is 0 Å². The Morgan fingerprint density at radius 1 is 0.364 bits per heavy atom. The maximum Gasteiger partial charge on any atom is 0.143 e. The largest absolute Gasteiger partial charge is 0.455 e. The number of aromatic nitrogens is 1. The maximum atomic E-state index is 6.47. The minimum Gasteiger partial charge on any atom is -0.455 e. The van der Waals surface area contributed by atoms with Gasteiger partial charge in [-0.05, 0) is 123 Å². The predicted molar refractivity (Wildman–Crippen MR) is 277 cm³/mol. The third-order valence-electron chi connectivity index (χ3n) is 14.0. The van der Waals surface area contributed by atoms with Crippen LogP contribution in [-0.2, 0) is 5.41 Å². The Morgan fingerprint density at radius 3 is 1.55 bits per heavy atom. The van der Waals surface area contributed by atoms with Crippen LogP contribution < -0.4 is 4.90 Å². The van der Waals surface area contributed by atoms with Crippen LogP contribution in [0.15, 0.2) is 235 Å². The van der Waals surface area contributed by atoms with E-state index in [0.29, 0.717) is 0 Å². The van der Waals surface area contributed by atoms with E-state index >= 15 is 0 Å². The Morgan fingerprint density at radius 2 is 0.864 bits per heavy atom. The van der Waals surface area contributed by atoms with Crippen LogP contribution >= 0.6 is 0 Å². The monoisotopic (exact) mass is 844 g/mol. The summed E-state index contributed by atoms with van der Waals surface area (Å²) in [7, 11) is 0. The zero-order chi connectivity index (χ0) is 43.9. The van der Waals surface area contributed by atoms with Gasteiger partial charge < -0.3 is 13.9 Å². The fourth-order valence-electron chi connectivity index (χ4n) is 10.7. The van der Waals surface area contributed by atoms with Crippen molar-refractivity contribution in [3.63, 3.8) is 0 Å². The van der Waals surface area contributed by atoms with Gasteiger partial charge in [0.2, 0.25) is 0 Å². The summed E-state index contributed by atoms with van der Waals surface area (Å²) in [6, 6.07) is 83.8. The molecule has 10 aromatic carbocycles. The minimum absolute atomic E-state index is 0.193. The molecule has 0 radical (unpaired) electrons. The van der Waals surface area contributed by atoms with Crippen LogP contribution in [0.4, 0.5) is 17.1 Å². The molecule has 0 atom stereocenters. The maximum absolute atomic E-state index is 6.47. The van der Waals surface area contributed by atoms with E-state index in [4.69, 9.17) is 4.42 Å². The number of anilines is 3. The van der Waals surface area contributed by atoms with E-state index in [0.717, 1.165) is 55.8 Å². The van der Waals surface area contributed by atoms with Crippen molar-refractivity contribution in [2.75, 3.05) is 4.90 Å². The molecule has 0 fully saturated rings. The smallest absolute Gasteiger partial charge is 0.143 e. The number of fused-ring (bicyclic) bond motifs is 9. The molecule has 0 unspecified atom stereocenters. The van der Waals surface area contributed by atoms with Gasteiger partial charge in [0.05, 0.1) is 11.0 Å². The molecule has 2 heterocycles. The Balaban J connectivity index is 0.886. The van der Waals surface area contributed by atoms with Crippen LogP contribution in [0.25, 0.3) is 93.9 Å². The van der Waals surface area contributed by atoms with Crippen molar-refractivity contribution in [3.8, 4) is 50.2 Å². The van der Waals surface area contributed by atoms with Crippen LogP contribution in [0.3, 0.4) is 0 Å². The predicted octanol–water partition coefficient (Wildman–Crippen LogP) is 17.5. The van der Waals surface area contributed by atoms with Gasteiger partial charge in [-0.25, -0.2) is 0 Å². The molecule has 3 heteroatoms. The average Bonchev–Trinajstić information content (AvgIpc) is 4.00. The molecule has 1 aliphatic carbocycles. The summed E-state index contributed by atoms with van der Waals surface area (Å²) in [6.07, 6.45) is 0. The molecule has 0 bridgehead atoms. The van der Waals surface area contributed by atoms with Gasteiger partial charge in [-0.2, -0.15) is 0 Å². The van der Waals surface area contributed by atoms with E-state index in [-0.39, 0.29) is 5.41 Å². The lowest BCUT2D eigenvalue weighted by Gasteiger charge is -2.28. The molecule has 0 saturated heterocycles. The molecule has 12 aromatic rings. The van der Waals surface area contributed by atoms with Crippen molar-refractivity contribution in [2.45, 2.75) is 19.3 Å². The molecular weight excluding hydrogens is 801 g/mol. The number of para-hydroxylation sites is 4. The van der Waals surface area contributed by atoms with Crippen molar-refractivity contribution >= 4 is 60.8 Å². The summed E-state index contributed by atoms with van der Waals surface area (Å²) in [6.45, 7) is 4.74. The molecule has 3 nitrogen and oxygen atoms in total. The van der Waals surface area contributed by atoms with Crippen LogP contribution in [0.5, 0.6) is 0 Å². The van der Waals surface area contributed by atoms with E-state index < -0.39 is 0 Å². The van der Waals surface area contributed by atoms with Crippen LogP contribution in [-0.4, -0.2) is 4.57 Å². The highest BCUT2D eigenvalue weighted by Gasteiger charge is 2.36. The lowest BCUT2D eigenvalue weighted by Crippen LogP contribution is -2.16. The summed E-state index contributed by atoms with van der Waals surface area (Å²) in [5.74, 6) is 0. The highest BCUT2D eigenvalue weighted by atomic mass is 16.3. The molecule has 0 spiro atoms. The number of nitrogens with zero attached hydrogens (tertiary/aromatic N) is 2. The zero-order valence-corrected chi connectivity index (χ0v) is 36.7. The molecule has 0 amide bonds. The van der Waals surface area contributed by atoms with E-state index in [1.54, 1.807) is 0 Å². The molecule has 66 heavy (non-hydrogen) atoms. The summed E-state index contributed by atoms with van der Waals surface area (Å²) in [4.78, 5) is 2.40. The molecule has 2 aromatic heterocycles. The summed E-state index contributed by atoms with van der Waals surface area (Å²) in [5.41, 5.74) is 20.8.